The maximum atomic E-state index is 13.8. The van der Waals surface area contributed by atoms with E-state index in [1.165, 1.54) is 0 Å². The minimum Gasteiger partial charge on any atom is -0.424 e. The molecule has 0 saturated carbocycles. The molecule has 22 heavy (non-hydrogen) atoms. The lowest BCUT2D eigenvalue weighted by Gasteiger charge is -2.47. The monoisotopic (exact) mass is 338 g/mol. The molecule has 1 heterocycles. The lowest BCUT2D eigenvalue weighted by Crippen LogP contribution is -2.57. The molecule has 0 aliphatic rings. The van der Waals surface area contributed by atoms with E-state index in [-0.39, 0.29) is 16.6 Å². The van der Waals surface area contributed by atoms with Gasteiger partial charge in [-0.3, -0.25) is 0 Å². The minimum absolute atomic E-state index is 0.0112. The average Bonchev–Trinajstić information content (AvgIpc) is 2.86. The van der Waals surface area contributed by atoms with Crippen LogP contribution in [0.25, 0.3) is 0 Å². The zero-order valence-corrected chi connectivity index (χ0v) is 15.2. The molecule has 1 atom stereocenters. The van der Waals surface area contributed by atoms with Gasteiger partial charge in [-0.1, -0.05) is 41.5 Å². The van der Waals surface area contributed by atoms with Crippen LogP contribution in [0.5, 0.6) is 0 Å². The molecular formula is C14H25F3N2O2Si. The van der Waals surface area contributed by atoms with Crippen LogP contribution >= 0.6 is 0 Å². The fraction of sp³-hybridized carbons (Fsp3) is 0.857. The van der Waals surface area contributed by atoms with Crippen molar-refractivity contribution in [2.45, 2.75) is 76.9 Å². The van der Waals surface area contributed by atoms with Crippen LogP contribution in [0, 0.1) is 0 Å². The fourth-order valence-electron chi connectivity index (χ4n) is 3.31. The van der Waals surface area contributed by atoms with E-state index in [0.29, 0.717) is 0 Å². The average molecular weight is 338 g/mol. The molecule has 128 valence electrons. The Morgan fingerprint density at radius 1 is 1.05 bits per heavy atom. The van der Waals surface area contributed by atoms with Gasteiger partial charge in [-0.25, -0.2) is 0 Å². The minimum atomic E-state index is -4.64. The van der Waals surface area contributed by atoms with Crippen molar-refractivity contribution in [2.24, 2.45) is 0 Å². The van der Waals surface area contributed by atoms with Gasteiger partial charge in [0.05, 0.1) is 0 Å². The van der Waals surface area contributed by atoms with E-state index < -0.39 is 26.0 Å². The van der Waals surface area contributed by atoms with Crippen molar-refractivity contribution in [2.75, 3.05) is 0 Å². The smallest absolute Gasteiger partial charge is 0.424 e. The van der Waals surface area contributed by atoms with Crippen molar-refractivity contribution in [3.8, 4) is 0 Å². The molecule has 0 radical (unpaired) electrons. The number of aromatic nitrogens is 2. The van der Waals surface area contributed by atoms with Gasteiger partial charge in [-0.15, -0.1) is 10.2 Å². The van der Waals surface area contributed by atoms with Crippen LogP contribution in [0.15, 0.2) is 10.8 Å². The number of hydrogen-bond donors (Lipinski definition) is 0. The van der Waals surface area contributed by atoms with E-state index in [1.54, 1.807) is 0 Å². The van der Waals surface area contributed by atoms with Gasteiger partial charge < -0.3 is 8.84 Å². The molecule has 1 aromatic heterocycles. The second kappa shape index (κ2) is 6.31. The van der Waals surface area contributed by atoms with Gasteiger partial charge in [0.1, 0.15) is 0 Å². The van der Waals surface area contributed by atoms with Crippen molar-refractivity contribution in [3.63, 3.8) is 0 Å². The van der Waals surface area contributed by atoms with Crippen molar-refractivity contribution in [3.05, 3.63) is 12.3 Å². The summed E-state index contributed by atoms with van der Waals surface area (Å²) in [6.07, 6.45) is -3.75. The lowest BCUT2D eigenvalue weighted by molar-refractivity contribution is -0.260. The highest BCUT2D eigenvalue weighted by Gasteiger charge is 2.62. The number of halogens is 3. The van der Waals surface area contributed by atoms with Crippen LogP contribution in [0.2, 0.25) is 16.6 Å². The third kappa shape index (κ3) is 3.08. The number of hydrogen-bond acceptors (Lipinski definition) is 4. The third-order valence-corrected chi connectivity index (χ3v) is 10.6. The molecule has 1 rings (SSSR count). The van der Waals surface area contributed by atoms with Gasteiger partial charge in [0.2, 0.25) is 20.3 Å². The predicted molar refractivity (Wildman–Crippen MR) is 79.8 cm³/mol. The second-order valence-corrected chi connectivity index (χ2v) is 12.1. The first-order chi connectivity index (χ1) is 9.89. The fourth-order valence-corrected chi connectivity index (χ4v) is 8.93. The summed E-state index contributed by atoms with van der Waals surface area (Å²) in [5, 5.41) is 6.86. The van der Waals surface area contributed by atoms with Gasteiger partial charge in [-0.2, -0.15) is 13.2 Å². The molecule has 0 fully saturated rings. The van der Waals surface area contributed by atoms with Crippen molar-refractivity contribution < 1.29 is 22.0 Å². The largest absolute Gasteiger partial charge is 0.425 e. The molecule has 0 spiro atoms. The third-order valence-electron chi connectivity index (χ3n) is 4.40. The van der Waals surface area contributed by atoms with Crippen LogP contribution < -0.4 is 0 Å². The highest BCUT2D eigenvalue weighted by Crippen LogP contribution is 2.51. The quantitative estimate of drug-likeness (QED) is 0.682. The zero-order chi connectivity index (χ0) is 17.3. The molecule has 0 N–H and O–H groups in total. The van der Waals surface area contributed by atoms with E-state index in [0.717, 1.165) is 13.3 Å². The van der Waals surface area contributed by atoms with Crippen LogP contribution in [0.4, 0.5) is 13.2 Å². The Bertz CT molecular complexity index is 453. The van der Waals surface area contributed by atoms with E-state index in [9.17, 15) is 13.2 Å². The molecule has 0 amide bonds. The van der Waals surface area contributed by atoms with Gasteiger partial charge in [-0.05, 0) is 23.5 Å². The standard InChI is InChI=1S/C14H25F3N2O2Si/c1-9(2)22(10(3)4,11(5)6)21-13(7,14(15,16)17)12-19-18-8-20-12/h8-11H,1-7H3. The Morgan fingerprint density at radius 3 is 1.77 bits per heavy atom. The summed E-state index contributed by atoms with van der Waals surface area (Å²) in [7, 11) is -2.78. The molecule has 0 saturated heterocycles. The van der Waals surface area contributed by atoms with E-state index in [4.69, 9.17) is 8.84 Å². The molecule has 1 aromatic rings. The SMILES string of the molecule is CC(C)[Si](OC(C)(c1nnco1)C(F)(F)F)(C(C)C)C(C)C. The number of nitrogens with zero attached hydrogens (tertiary/aromatic N) is 2. The Labute approximate surface area is 130 Å². The molecule has 1 unspecified atom stereocenters. The van der Waals surface area contributed by atoms with E-state index in [1.807, 2.05) is 41.5 Å². The van der Waals surface area contributed by atoms with Crippen LogP contribution in [-0.4, -0.2) is 24.7 Å². The van der Waals surface area contributed by atoms with E-state index in [2.05, 4.69) is 10.2 Å². The highest BCUT2D eigenvalue weighted by molar-refractivity contribution is 6.77. The number of rotatable bonds is 6. The van der Waals surface area contributed by atoms with Crippen molar-refractivity contribution in [1.29, 1.82) is 0 Å². The predicted octanol–water partition coefficient (Wildman–Crippen LogP) is 5.04. The Morgan fingerprint density at radius 2 is 1.50 bits per heavy atom. The summed E-state index contributed by atoms with van der Waals surface area (Å²) in [6.45, 7) is 12.5. The Balaban J connectivity index is 3.45. The van der Waals surface area contributed by atoms with Crippen LogP contribution in [-0.2, 0) is 10.0 Å². The van der Waals surface area contributed by atoms with Gasteiger partial charge in [0.25, 0.3) is 5.89 Å². The van der Waals surface area contributed by atoms with Crippen LogP contribution in [0.3, 0.4) is 0 Å². The summed E-state index contributed by atoms with van der Waals surface area (Å²) in [5.74, 6) is -0.543. The molecule has 4 nitrogen and oxygen atoms in total. The summed E-state index contributed by atoms with van der Waals surface area (Å²) in [6, 6.07) is 0. The first-order valence-electron chi connectivity index (χ1n) is 7.43. The zero-order valence-electron chi connectivity index (χ0n) is 14.2. The first kappa shape index (κ1) is 19.2. The first-order valence-corrected chi connectivity index (χ1v) is 9.57. The molecule has 0 aromatic carbocycles. The lowest BCUT2D eigenvalue weighted by atomic mass is 10.1. The molecular weight excluding hydrogens is 313 g/mol. The van der Waals surface area contributed by atoms with Gasteiger partial charge in [0.15, 0.2) is 0 Å². The van der Waals surface area contributed by atoms with Gasteiger partial charge >= 0.3 is 6.18 Å². The summed E-state index contributed by atoms with van der Waals surface area (Å²) >= 11 is 0. The summed E-state index contributed by atoms with van der Waals surface area (Å²) < 4.78 is 52.1. The maximum Gasteiger partial charge on any atom is 0.425 e. The number of alkyl halides is 3. The Kier molecular flexibility index (Phi) is 5.49. The highest BCUT2D eigenvalue weighted by atomic mass is 28.4. The Hall–Kier alpha value is -0.893. The van der Waals surface area contributed by atoms with Gasteiger partial charge in [0, 0.05) is 0 Å². The molecule has 0 aliphatic carbocycles. The second-order valence-electron chi connectivity index (χ2n) is 6.69. The van der Waals surface area contributed by atoms with E-state index >= 15 is 0 Å². The van der Waals surface area contributed by atoms with Crippen molar-refractivity contribution >= 4 is 8.32 Å². The molecule has 0 bridgehead atoms. The normalized spacial score (nSPS) is 16.6. The summed E-state index contributed by atoms with van der Waals surface area (Å²) in [5.41, 5.74) is -2.56. The molecule has 0 aliphatic heterocycles. The van der Waals surface area contributed by atoms with Crippen molar-refractivity contribution in [1.82, 2.24) is 10.2 Å². The maximum absolute atomic E-state index is 13.8. The molecule has 8 heteroatoms. The topological polar surface area (TPSA) is 48.2 Å². The summed E-state index contributed by atoms with van der Waals surface area (Å²) in [4.78, 5) is 0. The van der Waals surface area contributed by atoms with Crippen LogP contribution in [0.1, 0.15) is 54.4 Å².